The standard InChI is InChI=1S/C18H16N2O2/c1-12-6-8-14(9-7-12)17-19-16(18(21)22)11-20(17)15-5-3-4-13(2)10-15/h3-11H,1-2H3,(H,21,22). The molecule has 4 nitrogen and oxygen atoms in total. The van der Waals surface area contributed by atoms with Crippen molar-refractivity contribution >= 4 is 5.97 Å². The molecule has 0 saturated carbocycles. The van der Waals surface area contributed by atoms with Crippen LogP contribution in [0.15, 0.2) is 54.7 Å². The highest BCUT2D eigenvalue weighted by atomic mass is 16.4. The number of hydrogen-bond acceptors (Lipinski definition) is 2. The van der Waals surface area contributed by atoms with Crippen molar-refractivity contribution < 1.29 is 9.90 Å². The van der Waals surface area contributed by atoms with Crippen LogP contribution in [-0.2, 0) is 0 Å². The summed E-state index contributed by atoms with van der Waals surface area (Å²) < 4.78 is 1.82. The van der Waals surface area contributed by atoms with E-state index < -0.39 is 5.97 Å². The summed E-state index contributed by atoms with van der Waals surface area (Å²) in [5.74, 6) is -0.400. The molecule has 3 aromatic rings. The van der Waals surface area contributed by atoms with Gasteiger partial charge in [-0.3, -0.25) is 4.57 Å². The van der Waals surface area contributed by atoms with Crippen LogP contribution in [0.1, 0.15) is 21.6 Å². The van der Waals surface area contributed by atoms with Crippen LogP contribution < -0.4 is 0 Å². The van der Waals surface area contributed by atoms with Gasteiger partial charge in [-0.25, -0.2) is 9.78 Å². The number of hydrogen-bond donors (Lipinski definition) is 1. The van der Waals surface area contributed by atoms with Gasteiger partial charge in [0.05, 0.1) is 0 Å². The monoisotopic (exact) mass is 292 g/mol. The summed E-state index contributed by atoms with van der Waals surface area (Å²) in [7, 11) is 0. The Hall–Kier alpha value is -2.88. The minimum atomic E-state index is -1.03. The highest BCUT2D eigenvalue weighted by Gasteiger charge is 2.15. The maximum atomic E-state index is 11.3. The number of rotatable bonds is 3. The van der Waals surface area contributed by atoms with Crippen molar-refractivity contribution in [3.63, 3.8) is 0 Å². The third-order valence-corrected chi connectivity index (χ3v) is 3.51. The second-order valence-electron chi connectivity index (χ2n) is 5.33. The van der Waals surface area contributed by atoms with Crippen molar-refractivity contribution in [3.8, 4) is 17.1 Å². The van der Waals surface area contributed by atoms with Gasteiger partial charge in [0.25, 0.3) is 0 Å². The summed E-state index contributed by atoms with van der Waals surface area (Å²) in [5.41, 5.74) is 4.08. The Morgan fingerprint density at radius 2 is 1.77 bits per heavy atom. The number of aromatic nitrogens is 2. The summed E-state index contributed by atoms with van der Waals surface area (Å²) in [4.78, 5) is 15.6. The summed E-state index contributed by atoms with van der Waals surface area (Å²) >= 11 is 0. The van der Waals surface area contributed by atoms with Gasteiger partial charge in [-0.05, 0) is 31.5 Å². The Kier molecular flexibility index (Phi) is 3.51. The first-order valence-corrected chi connectivity index (χ1v) is 7.01. The molecule has 0 aliphatic rings. The van der Waals surface area contributed by atoms with E-state index in [1.165, 1.54) is 0 Å². The average Bonchev–Trinajstić information content (AvgIpc) is 2.93. The lowest BCUT2D eigenvalue weighted by molar-refractivity contribution is 0.0691. The quantitative estimate of drug-likeness (QED) is 0.797. The topological polar surface area (TPSA) is 55.1 Å². The molecule has 1 aromatic heterocycles. The van der Waals surface area contributed by atoms with Gasteiger partial charge in [-0.1, -0.05) is 42.0 Å². The molecule has 3 rings (SSSR count). The van der Waals surface area contributed by atoms with E-state index in [2.05, 4.69) is 4.98 Å². The number of imidazole rings is 1. The Bertz CT molecular complexity index is 833. The number of benzene rings is 2. The number of carboxylic acids is 1. The Morgan fingerprint density at radius 1 is 1.05 bits per heavy atom. The fourth-order valence-electron chi connectivity index (χ4n) is 2.36. The smallest absolute Gasteiger partial charge is 0.356 e. The molecule has 4 heteroatoms. The number of carboxylic acid groups (broad SMARTS) is 1. The molecule has 0 aliphatic carbocycles. The van der Waals surface area contributed by atoms with Crippen LogP contribution in [0.5, 0.6) is 0 Å². The molecule has 0 aliphatic heterocycles. The highest BCUT2D eigenvalue weighted by molar-refractivity contribution is 5.86. The molecule has 0 radical (unpaired) electrons. The Labute approximate surface area is 128 Å². The van der Waals surface area contributed by atoms with Crippen LogP contribution in [0.25, 0.3) is 17.1 Å². The summed E-state index contributed by atoms with van der Waals surface area (Å²) in [6.45, 7) is 4.02. The molecule has 0 saturated heterocycles. The highest BCUT2D eigenvalue weighted by Crippen LogP contribution is 2.24. The van der Waals surface area contributed by atoms with Crippen molar-refractivity contribution in [2.45, 2.75) is 13.8 Å². The molecule has 0 fully saturated rings. The van der Waals surface area contributed by atoms with Gasteiger partial charge in [-0.2, -0.15) is 0 Å². The van der Waals surface area contributed by atoms with E-state index in [0.717, 1.165) is 22.4 Å². The first kappa shape index (κ1) is 14.1. The predicted molar refractivity (Wildman–Crippen MR) is 85.4 cm³/mol. The van der Waals surface area contributed by atoms with Gasteiger partial charge in [0.1, 0.15) is 5.82 Å². The molecule has 1 N–H and O–H groups in total. The number of nitrogens with zero attached hydrogens (tertiary/aromatic N) is 2. The molecule has 2 aromatic carbocycles. The predicted octanol–water partition coefficient (Wildman–Crippen LogP) is 3.85. The lowest BCUT2D eigenvalue weighted by Gasteiger charge is -2.08. The largest absolute Gasteiger partial charge is 0.476 e. The van der Waals surface area contributed by atoms with Crippen LogP contribution in [0.3, 0.4) is 0 Å². The van der Waals surface area contributed by atoms with Crippen LogP contribution in [0.4, 0.5) is 0 Å². The first-order valence-electron chi connectivity index (χ1n) is 7.01. The minimum Gasteiger partial charge on any atom is -0.476 e. The van der Waals surface area contributed by atoms with E-state index in [4.69, 9.17) is 0 Å². The fraction of sp³-hybridized carbons (Fsp3) is 0.111. The Balaban J connectivity index is 2.20. The molecule has 0 unspecified atom stereocenters. The van der Waals surface area contributed by atoms with E-state index in [1.54, 1.807) is 6.20 Å². The zero-order valence-corrected chi connectivity index (χ0v) is 12.4. The second-order valence-corrected chi connectivity index (χ2v) is 5.33. The fourth-order valence-corrected chi connectivity index (χ4v) is 2.36. The maximum Gasteiger partial charge on any atom is 0.356 e. The van der Waals surface area contributed by atoms with E-state index in [-0.39, 0.29) is 5.69 Å². The second kappa shape index (κ2) is 5.48. The van der Waals surface area contributed by atoms with Crippen LogP contribution in [0, 0.1) is 13.8 Å². The molecule has 1 heterocycles. The molecule has 22 heavy (non-hydrogen) atoms. The maximum absolute atomic E-state index is 11.3. The van der Waals surface area contributed by atoms with E-state index in [1.807, 2.05) is 66.9 Å². The van der Waals surface area contributed by atoms with Gasteiger partial charge >= 0.3 is 5.97 Å². The number of aromatic carboxylic acids is 1. The molecule has 110 valence electrons. The van der Waals surface area contributed by atoms with Gasteiger partial charge in [0, 0.05) is 17.4 Å². The van der Waals surface area contributed by atoms with Gasteiger partial charge in [-0.15, -0.1) is 0 Å². The van der Waals surface area contributed by atoms with E-state index in [9.17, 15) is 9.90 Å². The summed E-state index contributed by atoms with van der Waals surface area (Å²) in [5, 5.41) is 9.24. The first-order chi connectivity index (χ1) is 10.5. The number of carbonyl (C=O) groups is 1. The third kappa shape index (κ3) is 2.63. The lowest BCUT2D eigenvalue weighted by atomic mass is 10.1. The van der Waals surface area contributed by atoms with Gasteiger partial charge in [0.15, 0.2) is 5.69 Å². The van der Waals surface area contributed by atoms with Crippen LogP contribution in [-0.4, -0.2) is 20.6 Å². The molecular weight excluding hydrogens is 276 g/mol. The van der Waals surface area contributed by atoms with Crippen LogP contribution >= 0.6 is 0 Å². The third-order valence-electron chi connectivity index (χ3n) is 3.51. The van der Waals surface area contributed by atoms with E-state index >= 15 is 0 Å². The van der Waals surface area contributed by atoms with Crippen molar-refractivity contribution in [1.82, 2.24) is 9.55 Å². The molecule has 0 bridgehead atoms. The molecule has 0 amide bonds. The van der Waals surface area contributed by atoms with Crippen molar-refractivity contribution in [2.24, 2.45) is 0 Å². The zero-order valence-electron chi connectivity index (χ0n) is 12.4. The van der Waals surface area contributed by atoms with Gasteiger partial charge < -0.3 is 5.11 Å². The SMILES string of the molecule is Cc1ccc(-c2nc(C(=O)O)cn2-c2cccc(C)c2)cc1. The average molecular weight is 292 g/mol. The van der Waals surface area contributed by atoms with Gasteiger partial charge in [0.2, 0.25) is 0 Å². The van der Waals surface area contributed by atoms with E-state index in [0.29, 0.717) is 5.82 Å². The lowest BCUT2D eigenvalue weighted by Crippen LogP contribution is -1.96. The zero-order chi connectivity index (χ0) is 15.7. The summed E-state index contributed by atoms with van der Waals surface area (Å²) in [6.07, 6.45) is 1.56. The Morgan fingerprint density at radius 3 is 2.41 bits per heavy atom. The van der Waals surface area contributed by atoms with Crippen molar-refractivity contribution in [3.05, 3.63) is 71.5 Å². The normalized spacial score (nSPS) is 10.6. The summed E-state index contributed by atoms with van der Waals surface area (Å²) in [6, 6.07) is 15.8. The van der Waals surface area contributed by atoms with Crippen molar-refractivity contribution in [1.29, 1.82) is 0 Å². The molecular formula is C18H16N2O2. The molecule has 0 spiro atoms. The number of aryl methyl sites for hydroxylation is 2. The molecule has 0 atom stereocenters. The van der Waals surface area contributed by atoms with Crippen LogP contribution in [0.2, 0.25) is 0 Å². The minimum absolute atomic E-state index is 0.0390. The van der Waals surface area contributed by atoms with Crippen molar-refractivity contribution in [2.75, 3.05) is 0 Å².